The zero-order valence-electron chi connectivity index (χ0n) is 15.3. The summed E-state index contributed by atoms with van der Waals surface area (Å²) in [4.78, 5) is 27.8. The van der Waals surface area contributed by atoms with Crippen LogP contribution in [-0.4, -0.2) is 16.8 Å². The van der Waals surface area contributed by atoms with Crippen LogP contribution in [0, 0.1) is 6.92 Å². The van der Waals surface area contributed by atoms with E-state index in [-0.39, 0.29) is 18.2 Å². The molecule has 3 rings (SSSR count). The summed E-state index contributed by atoms with van der Waals surface area (Å²) in [5.41, 5.74) is 4.75. The molecule has 2 amide bonds. The Morgan fingerprint density at radius 2 is 1.74 bits per heavy atom. The maximum absolute atomic E-state index is 12.2. The zero-order valence-corrected chi connectivity index (χ0v) is 16.1. The number of carbonyl (C=O) groups excluding carboxylic acids is 2. The normalized spacial score (nSPS) is 10.4. The van der Waals surface area contributed by atoms with Crippen LogP contribution in [-0.2, 0) is 22.6 Å². The Morgan fingerprint density at radius 3 is 2.41 bits per heavy atom. The van der Waals surface area contributed by atoms with Crippen molar-refractivity contribution in [2.75, 3.05) is 5.32 Å². The van der Waals surface area contributed by atoms with Crippen molar-refractivity contribution in [3.05, 3.63) is 70.7 Å². The Hall–Kier alpha value is -2.99. The molecule has 138 valence electrons. The molecule has 2 N–H and O–H groups in total. The minimum absolute atomic E-state index is 0.0679. The second kappa shape index (κ2) is 8.60. The van der Waals surface area contributed by atoms with Crippen LogP contribution < -0.4 is 10.6 Å². The van der Waals surface area contributed by atoms with Crippen LogP contribution in [0.2, 0.25) is 0 Å². The van der Waals surface area contributed by atoms with Gasteiger partial charge in [0.15, 0.2) is 0 Å². The highest BCUT2D eigenvalue weighted by Crippen LogP contribution is 2.24. The molecule has 0 aliphatic heterocycles. The van der Waals surface area contributed by atoms with Crippen LogP contribution in [0.4, 0.5) is 5.69 Å². The summed E-state index contributed by atoms with van der Waals surface area (Å²) in [6.45, 7) is 3.96. The minimum atomic E-state index is -0.107. The number of nitrogens with one attached hydrogen (secondary N) is 2. The van der Waals surface area contributed by atoms with E-state index >= 15 is 0 Å². The molecule has 0 saturated heterocycles. The first-order valence-electron chi connectivity index (χ1n) is 8.64. The molecule has 0 atom stereocenters. The van der Waals surface area contributed by atoms with Gasteiger partial charge in [-0.05, 0) is 24.6 Å². The molecule has 1 heterocycles. The standard InChI is InChI=1S/C21H21N3O2S/c1-14-3-7-17(8-4-14)21-24-19(13-27-21)11-20(26)22-12-16-5-9-18(10-6-16)23-15(2)25/h3-10,13H,11-12H2,1-2H3,(H,22,26)(H,23,25). The summed E-state index contributed by atoms with van der Waals surface area (Å²) in [6.07, 6.45) is 0.256. The van der Waals surface area contributed by atoms with Crippen molar-refractivity contribution in [3.8, 4) is 10.6 Å². The summed E-state index contributed by atoms with van der Waals surface area (Å²) < 4.78 is 0. The highest BCUT2D eigenvalue weighted by Gasteiger charge is 2.09. The van der Waals surface area contributed by atoms with Gasteiger partial charge in [-0.1, -0.05) is 42.0 Å². The number of benzene rings is 2. The number of rotatable bonds is 6. The molecule has 0 aliphatic carbocycles. The predicted molar refractivity (Wildman–Crippen MR) is 109 cm³/mol. The topological polar surface area (TPSA) is 71.1 Å². The smallest absolute Gasteiger partial charge is 0.226 e. The Bertz CT molecular complexity index is 931. The lowest BCUT2D eigenvalue weighted by Crippen LogP contribution is -2.24. The molecule has 3 aromatic rings. The van der Waals surface area contributed by atoms with E-state index in [9.17, 15) is 9.59 Å². The summed E-state index contributed by atoms with van der Waals surface area (Å²) in [5.74, 6) is -0.175. The summed E-state index contributed by atoms with van der Waals surface area (Å²) in [6, 6.07) is 15.6. The molecule has 6 heteroatoms. The van der Waals surface area contributed by atoms with Crippen LogP contribution in [0.25, 0.3) is 10.6 Å². The van der Waals surface area contributed by atoms with Crippen LogP contribution in [0.5, 0.6) is 0 Å². The first-order chi connectivity index (χ1) is 13.0. The Kier molecular flexibility index (Phi) is 5.98. The fraction of sp³-hybridized carbons (Fsp3) is 0.190. The molecule has 0 spiro atoms. The fourth-order valence-electron chi connectivity index (χ4n) is 2.55. The van der Waals surface area contributed by atoms with E-state index < -0.39 is 0 Å². The predicted octanol–water partition coefficient (Wildman–Crippen LogP) is 3.94. The van der Waals surface area contributed by atoms with Crippen LogP contribution in [0.15, 0.2) is 53.9 Å². The minimum Gasteiger partial charge on any atom is -0.352 e. The largest absolute Gasteiger partial charge is 0.352 e. The van der Waals surface area contributed by atoms with Gasteiger partial charge in [0, 0.05) is 30.1 Å². The Labute approximate surface area is 162 Å². The van der Waals surface area contributed by atoms with E-state index in [0.717, 1.165) is 27.5 Å². The SMILES string of the molecule is CC(=O)Nc1ccc(CNC(=O)Cc2csc(-c3ccc(C)cc3)n2)cc1. The third kappa shape index (κ3) is 5.49. The van der Waals surface area contributed by atoms with E-state index in [1.807, 2.05) is 41.8 Å². The molecule has 0 aliphatic rings. The molecule has 5 nitrogen and oxygen atoms in total. The lowest BCUT2D eigenvalue weighted by atomic mass is 10.2. The molecular weight excluding hydrogens is 358 g/mol. The summed E-state index contributed by atoms with van der Waals surface area (Å²) in [5, 5.41) is 8.47. The molecule has 0 radical (unpaired) electrons. The fourth-order valence-corrected chi connectivity index (χ4v) is 3.38. The van der Waals surface area contributed by atoms with Crippen LogP contribution >= 0.6 is 11.3 Å². The Morgan fingerprint density at radius 1 is 1.04 bits per heavy atom. The number of aryl methyl sites for hydroxylation is 1. The number of hydrogen-bond acceptors (Lipinski definition) is 4. The van der Waals surface area contributed by atoms with Gasteiger partial charge in [0.25, 0.3) is 0 Å². The molecular formula is C21H21N3O2S. The molecule has 0 bridgehead atoms. The highest BCUT2D eigenvalue weighted by atomic mass is 32.1. The Balaban J connectivity index is 1.52. The summed E-state index contributed by atoms with van der Waals surface area (Å²) >= 11 is 1.55. The number of aromatic nitrogens is 1. The van der Waals surface area contributed by atoms with Crippen molar-refractivity contribution in [2.45, 2.75) is 26.8 Å². The number of amides is 2. The number of carbonyl (C=O) groups is 2. The second-order valence-electron chi connectivity index (χ2n) is 6.34. The maximum atomic E-state index is 12.2. The molecule has 0 unspecified atom stereocenters. The molecule has 0 saturated carbocycles. The van der Waals surface area contributed by atoms with Crippen LogP contribution in [0.1, 0.15) is 23.7 Å². The van der Waals surface area contributed by atoms with Crippen molar-refractivity contribution in [2.24, 2.45) is 0 Å². The van der Waals surface area contributed by atoms with E-state index in [2.05, 4.69) is 34.7 Å². The maximum Gasteiger partial charge on any atom is 0.226 e. The number of hydrogen-bond donors (Lipinski definition) is 2. The molecule has 0 fully saturated rings. The highest BCUT2D eigenvalue weighted by molar-refractivity contribution is 7.13. The van der Waals surface area contributed by atoms with Gasteiger partial charge in [-0.25, -0.2) is 4.98 Å². The second-order valence-corrected chi connectivity index (χ2v) is 7.20. The van der Waals surface area contributed by atoms with Gasteiger partial charge >= 0.3 is 0 Å². The number of thiazole rings is 1. The van der Waals surface area contributed by atoms with E-state index in [4.69, 9.17) is 0 Å². The van der Waals surface area contributed by atoms with Crippen molar-refractivity contribution in [3.63, 3.8) is 0 Å². The first kappa shape index (κ1) is 18.8. The van der Waals surface area contributed by atoms with E-state index in [0.29, 0.717) is 6.54 Å². The first-order valence-corrected chi connectivity index (χ1v) is 9.52. The van der Waals surface area contributed by atoms with Gasteiger partial charge in [0.05, 0.1) is 12.1 Å². The van der Waals surface area contributed by atoms with Crippen LogP contribution in [0.3, 0.4) is 0 Å². The quantitative estimate of drug-likeness (QED) is 0.682. The van der Waals surface area contributed by atoms with Crippen molar-refractivity contribution in [1.82, 2.24) is 10.3 Å². The van der Waals surface area contributed by atoms with Gasteiger partial charge in [-0.3, -0.25) is 9.59 Å². The van der Waals surface area contributed by atoms with Crippen molar-refractivity contribution < 1.29 is 9.59 Å². The van der Waals surface area contributed by atoms with Gasteiger partial charge < -0.3 is 10.6 Å². The third-order valence-electron chi connectivity index (χ3n) is 3.96. The van der Waals surface area contributed by atoms with E-state index in [1.165, 1.54) is 12.5 Å². The lowest BCUT2D eigenvalue weighted by Gasteiger charge is -2.06. The molecule has 1 aromatic heterocycles. The van der Waals surface area contributed by atoms with E-state index in [1.54, 1.807) is 11.3 Å². The van der Waals surface area contributed by atoms with Gasteiger partial charge in [-0.15, -0.1) is 11.3 Å². The molecule has 2 aromatic carbocycles. The number of nitrogens with zero attached hydrogens (tertiary/aromatic N) is 1. The van der Waals surface area contributed by atoms with Gasteiger partial charge in [-0.2, -0.15) is 0 Å². The average molecular weight is 379 g/mol. The zero-order chi connectivity index (χ0) is 19.2. The average Bonchev–Trinajstić information content (AvgIpc) is 3.09. The van der Waals surface area contributed by atoms with Crippen molar-refractivity contribution in [1.29, 1.82) is 0 Å². The van der Waals surface area contributed by atoms with Crippen molar-refractivity contribution >= 4 is 28.8 Å². The third-order valence-corrected chi connectivity index (χ3v) is 4.90. The summed E-state index contributed by atoms with van der Waals surface area (Å²) in [7, 11) is 0. The number of anilines is 1. The monoisotopic (exact) mass is 379 g/mol. The van der Waals surface area contributed by atoms with Gasteiger partial charge in [0.1, 0.15) is 5.01 Å². The van der Waals surface area contributed by atoms with Gasteiger partial charge in [0.2, 0.25) is 11.8 Å². The lowest BCUT2D eigenvalue weighted by molar-refractivity contribution is -0.120. The molecule has 27 heavy (non-hydrogen) atoms.